The van der Waals surface area contributed by atoms with Gasteiger partial charge in [-0.25, -0.2) is 0 Å². The van der Waals surface area contributed by atoms with Crippen LogP contribution in [0.5, 0.6) is 0 Å². The second-order valence-electron chi connectivity index (χ2n) is 8.15. The van der Waals surface area contributed by atoms with Gasteiger partial charge in [-0.3, -0.25) is 24.7 Å². The molecule has 0 radical (unpaired) electrons. The molecular weight excluding hydrogens is 392 g/mol. The van der Waals surface area contributed by atoms with Crippen LogP contribution in [0.2, 0.25) is 0 Å². The predicted octanol–water partition coefficient (Wildman–Crippen LogP) is 3.25. The number of ketones is 1. The molecule has 1 aliphatic heterocycles. The van der Waals surface area contributed by atoms with Gasteiger partial charge in [0.05, 0.1) is 6.42 Å². The van der Waals surface area contributed by atoms with E-state index in [0.29, 0.717) is 11.4 Å². The van der Waals surface area contributed by atoms with Crippen molar-refractivity contribution in [3.05, 3.63) is 59.2 Å². The number of rotatable bonds is 5. The number of Topliss-reactive ketones (excluding diaryl/α,β-unsaturated/α-hetero) is 1. The van der Waals surface area contributed by atoms with Crippen molar-refractivity contribution in [2.24, 2.45) is 0 Å². The fourth-order valence-electron chi connectivity index (χ4n) is 3.88. The Morgan fingerprint density at radius 1 is 1.10 bits per heavy atom. The van der Waals surface area contributed by atoms with Crippen LogP contribution in [0.25, 0.3) is 0 Å². The van der Waals surface area contributed by atoms with Crippen LogP contribution in [0.4, 0.5) is 17.1 Å². The summed E-state index contributed by atoms with van der Waals surface area (Å²) in [7, 11) is 3.80. The third-order valence-electron chi connectivity index (χ3n) is 5.63. The number of carbonyl (C=O) groups excluding carboxylic acids is 3. The summed E-state index contributed by atoms with van der Waals surface area (Å²) in [6.07, 6.45) is -0.244. The van der Waals surface area contributed by atoms with E-state index in [0.717, 1.165) is 16.8 Å². The molecule has 160 valence electrons. The van der Waals surface area contributed by atoms with Gasteiger partial charge < -0.3 is 10.2 Å². The van der Waals surface area contributed by atoms with E-state index in [1.54, 1.807) is 19.1 Å². The summed E-state index contributed by atoms with van der Waals surface area (Å²) in [4.78, 5) is 42.2. The molecule has 2 amide bonds. The van der Waals surface area contributed by atoms with E-state index in [1.807, 2.05) is 69.0 Å². The largest absolute Gasteiger partial charge is 0.378 e. The van der Waals surface area contributed by atoms with Gasteiger partial charge in [-0.05, 0) is 62.0 Å². The molecule has 7 nitrogen and oxygen atoms in total. The fourth-order valence-corrected chi connectivity index (χ4v) is 3.88. The van der Waals surface area contributed by atoms with Crippen LogP contribution in [-0.4, -0.2) is 43.1 Å². The molecule has 1 heterocycles. The molecule has 1 unspecified atom stereocenters. The number of nitrogens with one attached hydrogen (secondary N) is 2. The molecule has 0 bridgehead atoms. The number of amides is 2. The van der Waals surface area contributed by atoms with Gasteiger partial charge in [0.15, 0.2) is 0 Å². The van der Waals surface area contributed by atoms with Crippen LogP contribution in [0.15, 0.2) is 48.0 Å². The maximum atomic E-state index is 13.1. The lowest BCUT2D eigenvalue weighted by molar-refractivity contribution is -0.124. The molecule has 1 saturated heterocycles. The molecule has 2 aromatic rings. The molecule has 7 heteroatoms. The smallest absolute Gasteiger partial charge is 0.272 e. The summed E-state index contributed by atoms with van der Waals surface area (Å²) in [6, 6.07) is 12.8. The molecule has 2 aromatic carbocycles. The molecule has 1 fully saturated rings. The Kier molecular flexibility index (Phi) is 5.82. The lowest BCUT2D eigenvalue weighted by Crippen LogP contribution is -2.49. The zero-order valence-corrected chi connectivity index (χ0v) is 18.4. The standard InChI is InChI=1S/C24H26N4O3/c1-15-7-6-8-16(2)21(15)26-20(29)13-24(3)22(30)19(14-25)23(31)28(24)18-11-9-17(10-12-18)27(4)5/h6-12,25H,13H2,1-5H3,(H,26,29). The highest BCUT2D eigenvalue weighted by atomic mass is 16.2. The van der Waals surface area contributed by atoms with Crippen LogP contribution in [0.1, 0.15) is 24.5 Å². The summed E-state index contributed by atoms with van der Waals surface area (Å²) in [5.74, 6) is 0.381. The van der Waals surface area contributed by atoms with Gasteiger partial charge in [-0.1, -0.05) is 18.2 Å². The number of benzene rings is 2. The van der Waals surface area contributed by atoms with Crippen molar-refractivity contribution in [1.82, 2.24) is 0 Å². The van der Waals surface area contributed by atoms with Gasteiger partial charge in [-0.15, -0.1) is 0 Å². The molecule has 0 saturated carbocycles. The maximum Gasteiger partial charge on any atom is 0.272 e. The van der Waals surface area contributed by atoms with E-state index < -0.39 is 17.2 Å². The Morgan fingerprint density at radius 3 is 2.19 bits per heavy atom. The number of nitrogens with zero attached hydrogens (tertiary/aromatic N) is 2. The predicted molar refractivity (Wildman–Crippen MR) is 122 cm³/mol. The molecule has 1 aliphatic rings. The SMILES string of the molecule is Cc1cccc(C)c1NC(=O)CC1(C)C(=O)C(=C=N)C(=O)N1c1ccc(N(C)C)cc1. The third-order valence-corrected chi connectivity index (χ3v) is 5.63. The van der Waals surface area contributed by atoms with E-state index in [-0.39, 0.29) is 17.9 Å². The molecule has 31 heavy (non-hydrogen) atoms. The van der Waals surface area contributed by atoms with Crippen molar-refractivity contribution in [3.8, 4) is 0 Å². The van der Waals surface area contributed by atoms with E-state index in [4.69, 9.17) is 5.41 Å². The summed E-state index contributed by atoms with van der Waals surface area (Å²) >= 11 is 0. The Balaban J connectivity index is 1.98. The first-order valence-electron chi connectivity index (χ1n) is 9.92. The zero-order valence-electron chi connectivity index (χ0n) is 18.4. The number of para-hydroxylation sites is 1. The lowest BCUT2D eigenvalue weighted by atomic mass is 9.90. The lowest BCUT2D eigenvalue weighted by Gasteiger charge is -2.33. The summed E-state index contributed by atoms with van der Waals surface area (Å²) < 4.78 is 0. The zero-order chi connectivity index (χ0) is 22.9. The van der Waals surface area contributed by atoms with Gasteiger partial charge in [0, 0.05) is 31.2 Å². The summed E-state index contributed by atoms with van der Waals surface area (Å²) in [5, 5.41) is 10.3. The highest BCUT2D eigenvalue weighted by molar-refractivity contribution is 6.39. The molecule has 0 spiro atoms. The monoisotopic (exact) mass is 418 g/mol. The minimum Gasteiger partial charge on any atom is -0.378 e. The summed E-state index contributed by atoms with van der Waals surface area (Å²) in [5.41, 5.74) is 2.11. The minimum absolute atomic E-state index is 0.244. The first-order chi connectivity index (χ1) is 14.6. The van der Waals surface area contributed by atoms with Crippen molar-refractivity contribution < 1.29 is 14.4 Å². The fraction of sp³-hybridized carbons (Fsp3) is 0.292. The number of anilines is 3. The Labute approximate surface area is 181 Å². The van der Waals surface area contributed by atoms with E-state index in [2.05, 4.69) is 5.32 Å². The van der Waals surface area contributed by atoms with Crippen LogP contribution in [-0.2, 0) is 14.4 Å². The van der Waals surface area contributed by atoms with Crippen molar-refractivity contribution in [2.75, 3.05) is 29.2 Å². The minimum atomic E-state index is -1.46. The van der Waals surface area contributed by atoms with E-state index in [9.17, 15) is 14.4 Å². The van der Waals surface area contributed by atoms with Gasteiger partial charge in [-0.2, -0.15) is 0 Å². The van der Waals surface area contributed by atoms with Crippen LogP contribution < -0.4 is 15.1 Å². The molecule has 2 N–H and O–H groups in total. The normalized spacial score (nSPS) is 18.2. The third kappa shape index (κ3) is 3.88. The van der Waals surface area contributed by atoms with Gasteiger partial charge >= 0.3 is 0 Å². The number of hydrogen-bond acceptors (Lipinski definition) is 5. The van der Waals surface area contributed by atoms with Gasteiger partial charge in [0.25, 0.3) is 5.91 Å². The van der Waals surface area contributed by atoms with Crippen LogP contribution in [0.3, 0.4) is 0 Å². The first-order valence-corrected chi connectivity index (χ1v) is 9.92. The topological polar surface area (TPSA) is 93.6 Å². The van der Waals surface area contributed by atoms with Crippen molar-refractivity contribution in [3.63, 3.8) is 0 Å². The van der Waals surface area contributed by atoms with Crippen molar-refractivity contribution in [2.45, 2.75) is 32.7 Å². The highest BCUT2D eigenvalue weighted by Gasteiger charge is 2.54. The molecular formula is C24H26N4O3. The quantitative estimate of drug-likeness (QED) is 0.443. The van der Waals surface area contributed by atoms with Crippen molar-refractivity contribution >= 4 is 40.5 Å². The molecule has 0 aromatic heterocycles. The van der Waals surface area contributed by atoms with Crippen molar-refractivity contribution in [1.29, 1.82) is 5.41 Å². The average Bonchev–Trinajstić information content (AvgIpc) is 2.89. The number of carbonyl (C=O) groups is 3. The maximum absolute atomic E-state index is 13.1. The number of hydrogen-bond donors (Lipinski definition) is 2. The summed E-state index contributed by atoms with van der Waals surface area (Å²) in [6.45, 7) is 5.34. The van der Waals surface area contributed by atoms with Crippen LogP contribution in [0, 0.1) is 19.3 Å². The van der Waals surface area contributed by atoms with E-state index >= 15 is 0 Å². The second kappa shape index (κ2) is 8.20. The van der Waals surface area contributed by atoms with Crippen LogP contribution >= 0.6 is 0 Å². The average molecular weight is 418 g/mol. The Morgan fingerprint density at radius 2 is 1.68 bits per heavy atom. The molecule has 0 aliphatic carbocycles. The second-order valence-corrected chi connectivity index (χ2v) is 8.15. The molecule has 3 rings (SSSR count). The van der Waals surface area contributed by atoms with E-state index in [1.165, 1.54) is 4.90 Å². The Hall–Kier alpha value is -3.70. The highest BCUT2D eigenvalue weighted by Crippen LogP contribution is 2.38. The first kappa shape index (κ1) is 22.0. The van der Waals surface area contributed by atoms with Gasteiger partial charge in [0.2, 0.25) is 11.7 Å². The Bertz CT molecular complexity index is 1090. The van der Waals surface area contributed by atoms with Gasteiger partial charge in [0.1, 0.15) is 11.1 Å². The molecule has 1 atom stereocenters. The number of aryl methyl sites for hydroxylation is 2.